The molecule has 0 fully saturated rings. The summed E-state index contributed by atoms with van der Waals surface area (Å²) < 4.78 is 31.5. The van der Waals surface area contributed by atoms with Gasteiger partial charge in [-0.2, -0.15) is 8.42 Å². The standard InChI is InChI=1S/C26H24O3S/c1-20-11-16-25(17-12-20)30(27,28)29-26(23-8-3-2-4-9-23)18-14-21-13-15-22-7-5-6-10-24(22)19-21/h2-13,15-17,19,26H,14,18H2,1H3. The molecule has 1 atom stereocenters. The summed E-state index contributed by atoms with van der Waals surface area (Å²) in [7, 11) is -3.86. The molecule has 0 N–H and O–H groups in total. The second-order valence-electron chi connectivity index (χ2n) is 7.48. The van der Waals surface area contributed by atoms with Crippen LogP contribution in [0.2, 0.25) is 0 Å². The smallest absolute Gasteiger partial charge is 0.258 e. The van der Waals surface area contributed by atoms with E-state index in [0.717, 1.165) is 16.7 Å². The highest BCUT2D eigenvalue weighted by Crippen LogP contribution is 2.29. The van der Waals surface area contributed by atoms with Crippen molar-refractivity contribution in [3.63, 3.8) is 0 Å². The fourth-order valence-electron chi connectivity index (χ4n) is 3.54. The summed E-state index contributed by atoms with van der Waals surface area (Å²) in [6.45, 7) is 1.92. The molecule has 1 unspecified atom stereocenters. The maximum atomic E-state index is 12.9. The summed E-state index contributed by atoms with van der Waals surface area (Å²) >= 11 is 0. The van der Waals surface area contributed by atoms with Gasteiger partial charge in [0.15, 0.2) is 0 Å². The molecule has 0 radical (unpaired) electrons. The summed E-state index contributed by atoms with van der Waals surface area (Å²) in [5.41, 5.74) is 3.02. The van der Waals surface area contributed by atoms with Crippen molar-refractivity contribution in [1.82, 2.24) is 0 Å². The van der Waals surface area contributed by atoms with Gasteiger partial charge in [-0.3, -0.25) is 4.18 Å². The van der Waals surface area contributed by atoms with Crippen LogP contribution in [-0.2, 0) is 20.7 Å². The van der Waals surface area contributed by atoms with Crippen LogP contribution in [0, 0.1) is 6.92 Å². The van der Waals surface area contributed by atoms with Crippen LogP contribution in [0.4, 0.5) is 0 Å². The summed E-state index contributed by atoms with van der Waals surface area (Å²) in [6, 6.07) is 30.9. The van der Waals surface area contributed by atoms with E-state index in [-0.39, 0.29) is 4.90 Å². The molecule has 152 valence electrons. The maximum Gasteiger partial charge on any atom is 0.297 e. The van der Waals surface area contributed by atoms with Gasteiger partial charge in [-0.1, -0.05) is 90.5 Å². The molecular weight excluding hydrogens is 392 g/mol. The van der Waals surface area contributed by atoms with E-state index >= 15 is 0 Å². The number of hydrogen-bond donors (Lipinski definition) is 0. The quantitative estimate of drug-likeness (QED) is 0.336. The molecule has 4 rings (SSSR count). The predicted molar refractivity (Wildman–Crippen MR) is 121 cm³/mol. The van der Waals surface area contributed by atoms with Gasteiger partial charge in [-0.15, -0.1) is 0 Å². The zero-order chi connectivity index (χ0) is 21.0. The lowest BCUT2D eigenvalue weighted by Crippen LogP contribution is -2.13. The minimum atomic E-state index is -3.86. The lowest BCUT2D eigenvalue weighted by Gasteiger charge is -2.18. The highest BCUT2D eigenvalue weighted by Gasteiger charge is 2.23. The van der Waals surface area contributed by atoms with Crippen molar-refractivity contribution >= 4 is 20.9 Å². The Labute approximate surface area is 178 Å². The zero-order valence-electron chi connectivity index (χ0n) is 16.9. The van der Waals surface area contributed by atoms with Crippen molar-refractivity contribution in [2.75, 3.05) is 0 Å². The van der Waals surface area contributed by atoms with Gasteiger partial charge in [-0.25, -0.2) is 0 Å². The van der Waals surface area contributed by atoms with Crippen molar-refractivity contribution in [1.29, 1.82) is 0 Å². The Hall–Kier alpha value is -2.95. The van der Waals surface area contributed by atoms with Crippen LogP contribution in [0.1, 0.15) is 29.2 Å². The van der Waals surface area contributed by atoms with Gasteiger partial charge < -0.3 is 0 Å². The largest absolute Gasteiger partial charge is 0.297 e. The molecular formula is C26H24O3S. The van der Waals surface area contributed by atoms with E-state index in [0.29, 0.717) is 12.8 Å². The SMILES string of the molecule is Cc1ccc(S(=O)(=O)OC(CCc2ccc3ccccc3c2)c2ccccc2)cc1. The van der Waals surface area contributed by atoms with Crippen LogP contribution in [-0.4, -0.2) is 8.42 Å². The molecule has 0 aliphatic heterocycles. The van der Waals surface area contributed by atoms with Gasteiger partial charge in [0, 0.05) is 0 Å². The molecule has 0 saturated heterocycles. The van der Waals surface area contributed by atoms with E-state index in [1.807, 2.05) is 49.4 Å². The van der Waals surface area contributed by atoms with Gasteiger partial charge in [0.25, 0.3) is 10.1 Å². The van der Waals surface area contributed by atoms with Crippen molar-refractivity contribution in [2.45, 2.75) is 30.8 Å². The molecule has 0 heterocycles. The van der Waals surface area contributed by atoms with Crippen LogP contribution < -0.4 is 0 Å². The van der Waals surface area contributed by atoms with Crippen molar-refractivity contribution < 1.29 is 12.6 Å². The normalized spacial score (nSPS) is 12.7. The second-order valence-corrected chi connectivity index (χ2v) is 9.06. The van der Waals surface area contributed by atoms with Crippen molar-refractivity contribution in [3.05, 3.63) is 114 Å². The molecule has 30 heavy (non-hydrogen) atoms. The van der Waals surface area contributed by atoms with E-state index in [9.17, 15) is 8.42 Å². The molecule has 0 bridgehead atoms. The first kappa shape index (κ1) is 20.3. The van der Waals surface area contributed by atoms with E-state index in [1.165, 1.54) is 10.8 Å². The highest BCUT2D eigenvalue weighted by molar-refractivity contribution is 7.86. The Morgan fingerprint density at radius 3 is 2.17 bits per heavy atom. The first-order valence-electron chi connectivity index (χ1n) is 10.0. The average molecular weight is 417 g/mol. The Balaban J connectivity index is 1.57. The Morgan fingerprint density at radius 1 is 0.767 bits per heavy atom. The Bertz CT molecular complexity index is 1230. The minimum Gasteiger partial charge on any atom is -0.258 e. The third kappa shape index (κ3) is 4.78. The number of aryl methyl sites for hydroxylation is 2. The van der Waals surface area contributed by atoms with Gasteiger partial charge in [0.05, 0.1) is 4.90 Å². The van der Waals surface area contributed by atoms with Crippen molar-refractivity contribution in [3.8, 4) is 0 Å². The number of hydrogen-bond acceptors (Lipinski definition) is 3. The molecule has 0 aromatic heterocycles. The van der Waals surface area contributed by atoms with Crippen molar-refractivity contribution in [2.24, 2.45) is 0 Å². The molecule has 4 aromatic carbocycles. The summed E-state index contributed by atoms with van der Waals surface area (Å²) in [5.74, 6) is 0. The molecule has 0 aliphatic rings. The van der Waals surface area contributed by atoms with E-state index in [2.05, 4.69) is 30.3 Å². The first-order valence-corrected chi connectivity index (χ1v) is 11.4. The predicted octanol–water partition coefficient (Wildman–Crippen LogP) is 6.23. The van der Waals surface area contributed by atoms with Crippen LogP contribution >= 0.6 is 0 Å². The van der Waals surface area contributed by atoms with Crippen LogP contribution in [0.15, 0.2) is 102 Å². The average Bonchev–Trinajstić information content (AvgIpc) is 2.77. The fraction of sp³-hybridized carbons (Fsp3) is 0.154. The van der Waals surface area contributed by atoms with Gasteiger partial charge in [0.2, 0.25) is 0 Å². The molecule has 0 saturated carbocycles. The molecule has 0 amide bonds. The molecule has 3 nitrogen and oxygen atoms in total. The first-order chi connectivity index (χ1) is 14.5. The number of benzene rings is 4. The fourth-order valence-corrected chi connectivity index (χ4v) is 4.64. The molecule has 0 spiro atoms. The Morgan fingerprint density at radius 2 is 1.43 bits per heavy atom. The lowest BCUT2D eigenvalue weighted by molar-refractivity contribution is 0.203. The molecule has 4 aromatic rings. The van der Waals surface area contributed by atoms with E-state index < -0.39 is 16.2 Å². The monoisotopic (exact) mass is 416 g/mol. The summed E-state index contributed by atoms with van der Waals surface area (Å²) in [4.78, 5) is 0.180. The maximum absolute atomic E-state index is 12.9. The van der Waals surface area contributed by atoms with E-state index in [1.54, 1.807) is 24.3 Å². The van der Waals surface area contributed by atoms with Gasteiger partial charge in [-0.05, 0) is 53.8 Å². The number of fused-ring (bicyclic) bond motifs is 1. The third-order valence-electron chi connectivity index (χ3n) is 5.23. The zero-order valence-corrected chi connectivity index (χ0v) is 17.7. The Kier molecular flexibility index (Phi) is 5.98. The summed E-state index contributed by atoms with van der Waals surface area (Å²) in [6.07, 6.45) is 0.727. The lowest BCUT2D eigenvalue weighted by atomic mass is 9.99. The summed E-state index contributed by atoms with van der Waals surface area (Å²) in [5, 5.41) is 2.37. The van der Waals surface area contributed by atoms with Crippen LogP contribution in [0.3, 0.4) is 0 Å². The van der Waals surface area contributed by atoms with Crippen LogP contribution in [0.25, 0.3) is 10.8 Å². The van der Waals surface area contributed by atoms with Gasteiger partial charge >= 0.3 is 0 Å². The third-order valence-corrected chi connectivity index (χ3v) is 6.57. The molecule has 0 aliphatic carbocycles. The second kappa shape index (κ2) is 8.82. The molecule has 4 heteroatoms. The highest BCUT2D eigenvalue weighted by atomic mass is 32.2. The van der Waals surface area contributed by atoms with Gasteiger partial charge in [0.1, 0.15) is 6.10 Å². The van der Waals surface area contributed by atoms with E-state index in [4.69, 9.17) is 4.18 Å². The van der Waals surface area contributed by atoms with Crippen LogP contribution in [0.5, 0.6) is 0 Å². The minimum absolute atomic E-state index is 0.180. The topological polar surface area (TPSA) is 43.4 Å². The number of rotatable bonds is 7.